The van der Waals surface area contributed by atoms with Crippen molar-refractivity contribution < 1.29 is 43.0 Å². The molecule has 1 N–H and O–H groups in total. The van der Waals surface area contributed by atoms with Crippen molar-refractivity contribution in [1.29, 1.82) is 0 Å². The molecule has 1 aromatic rings. The van der Waals surface area contributed by atoms with Crippen LogP contribution in [0.15, 0.2) is 18.2 Å². The molecule has 1 heterocycles. The number of carbonyl (C=O) groups is 5. The molecule has 0 bridgehead atoms. The Hall–Kier alpha value is -3.47. The van der Waals surface area contributed by atoms with Gasteiger partial charge in [-0.2, -0.15) is 0 Å². The van der Waals surface area contributed by atoms with Gasteiger partial charge in [0, 0.05) is 26.3 Å². The molecular formula is C21H26N2O9. The minimum absolute atomic E-state index is 0.0306. The molecule has 1 fully saturated rings. The Morgan fingerprint density at radius 3 is 2.31 bits per heavy atom. The van der Waals surface area contributed by atoms with Crippen molar-refractivity contribution in [1.82, 2.24) is 10.4 Å². The first-order valence-corrected chi connectivity index (χ1v) is 9.88. The molecule has 1 aromatic carbocycles. The van der Waals surface area contributed by atoms with Gasteiger partial charge in [0.15, 0.2) is 0 Å². The number of imide groups is 1. The Kier molecular flexibility index (Phi) is 8.30. The molecule has 0 aromatic heterocycles. The highest BCUT2D eigenvalue weighted by Crippen LogP contribution is 2.20. The van der Waals surface area contributed by atoms with Crippen LogP contribution in [0.2, 0.25) is 0 Å². The van der Waals surface area contributed by atoms with E-state index in [1.165, 1.54) is 13.0 Å². The van der Waals surface area contributed by atoms with Crippen LogP contribution in [0.1, 0.15) is 51.7 Å². The monoisotopic (exact) mass is 450 g/mol. The lowest BCUT2D eigenvalue weighted by molar-refractivity contribution is -0.177. The predicted molar refractivity (Wildman–Crippen MR) is 108 cm³/mol. The van der Waals surface area contributed by atoms with Crippen molar-refractivity contribution in [3.05, 3.63) is 29.3 Å². The predicted octanol–water partition coefficient (Wildman–Crippen LogP) is 1.76. The second-order valence-electron chi connectivity index (χ2n) is 7.93. The van der Waals surface area contributed by atoms with Crippen LogP contribution in [-0.4, -0.2) is 47.1 Å². The maximum atomic E-state index is 11.9. The summed E-state index contributed by atoms with van der Waals surface area (Å²) in [4.78, 5) is 62.7. The van der Waals surface area contributed by atoms with Gasteiger partial charge in [-0.3, -0.25) is 24.0 Å². The highest BCUT2D eigenvalue weighted by Gasteiger charge is 2.33. The van der Waals surface area contributed by atoms with Crippen molar-refractivity contribution >= 4 is 29.9 Å². The number of hydrogen-bond acceptors (Lipinski definition) is 10. The number of carbonyl (C=O) groups excluding carboxylic acids is 5. The fourth-order valence-electron chi connectivity index (χ4n) is 2.71. The van der Waals surface area contributed by atoms with Crippen molar-refractivity contribution in [3.63, 3.8) is 0 Å². The summed E-state index contributed by atoms with van der Waals surface area (Å²) in [7, 11) is 0. The lowest BCUT2D eigenvalue weighted by Crippen LogP contribution is -2.32. The maximum absolute atomic E-state index is 11.9. The smallest absolute Gasteiger partial charge is 0.459 e. The Bertz CT molecular complexity index is 889. The molecule has 0 saturated carbocycles. The maximum Gasteiger partial charge on any atom is 0.534 e. The van der Waals surface area contributed by atoms with Gasteiger partial charge >= 0.3 is 18.1 Å². The standard InChI is InChI=1S/C21H26N2O9/c1-13(24)30-16-6-5-14(12-29-20(28)32-23-17(25)7-8-18(23)26)15(9-16)10-22-11-19(27)31-21(2,3)4/h5-6,9,22H,7-8,10-12H2,1-4H3. The zero-order valence-electron chi connectivity index (χ0n) is 18.4. The van der Waals surface area contributed by atoms with Gasteiger partial charge < -0.3 is 19.5 Å². The topological polar surface area (TPSA) is 138 Å². The minimum Gasteiger partial charge on any atom is -0.459 e. The van der Waals surface area contributed by atoms with E-state index in [4.69, 9.17) is 14.2 Å². The third kappa shape index (κ3) is 7.99. The SMILES string of the molecule is CC(=O)Oc1ccc(COC(=O)ON2C(=O)CCC2=O)c(CNCC(=O)OC(C)(C)C)c1. The first-order chi connectivity index (χ1) is 14.9. The van der Waals surface area contributed by atoms with E-state index in [-0.39, 0.29) is 38.3 Å². The Balaban J connectivity index is 2.00. The summed E-state index contributed by atoms with van der Waals surface area (Å²) in [5.74, 6) is -1.93. The van der Waals surface area contributed by atoms with Crippen molar-refractivity contribution in [2.24, 2.45) is 0 Å². The van der Waals surface area contributed by atoms with Crippen LogP contribution >= 0.6 is 0 Å². The number of nitrogens with one attached hydrogen (secondary N) is 1. The van der Waals surface area contributed by atoms with E-state index in [0.29, 0.717) is 16.2 Å². The van der Waals surface area contributed by atoms with Crippen LogP contribution in [0.5, 0.6) is 5.75 Å². The van der Waals surface area contributed by atoms with Gasteiger partial charge in [-0.15, -0.1) is 0 Å². The van der Waals surface area contributed by atoms with E-state index in [9.17, 15) is 24.0 Å². The largest absolute Gasteiger partial charge is 0.534 e. The van der Waals surface area contributed by atoms with E-state index in [1.807, 2.05) is 0 Å². The Morgan fingerprint density at radius 1 is 1.06 bits per heavy atom. The van der Waals surface area contributed by atoms with E-state index >= 15 is 0 Å². The molecule has 0 atom stereocenters. The molecule has 2 rings (SSSR count). The number of benzene rings is 1. The highest BCUT2D eigenvalue weighted by atomic mass is 16.8. The molecule has 174 valence electrons. The van der Waals surface area contributed by atoms with Gasteiger partial charge in [0.2, 0.25) is 0 Å². The number of amides is 2. The second kappa shape index (κ2) is 10.7. The number of nitrogens with zero attached hydrogens (tertiary/aromatic N) is 1. The van der Waals surface area contributed by atoms with Crippen molar-refractivity contribution in [2.75, 3.05) is 6.54 Å². The molecule has 0 radical (unpaired) electrons. The minimum atomic E-state index is -1.22. The summed E-state index contributed by atoms with van der Waals surface area (Å²) in [6.45, 7) is 6.37. The molecule has 0 aliphatic carbocycles. The van der Waals surface area contributed by atoms with Crippen LogP contribution in [0, 0.1) is 0 Å². The first kappa shape index (κ1) is 24.8. The Morgan fingerprint density at radius 2 is 1.72 bits per heavy atom. The van der Waals surface area contributed by atoms with Crippen LogP contribution in [0.4, 0.5) is 4.79 Å². The lowest BCUT2D eigenvalue weighted by Gasteiger charge is -2.19. The molecule has 0 spiro atoms. The van der Waals surface area contributed by atoms with Gasteiger partial charge in [0.1, 0.15) is 18.0 Å². The zero-order chi connectivity index (χ0) is 23.9. The van der Waals surface area contributed by atoms with E-state index in [0.717, 1.165) is 0 Å². The van der Waals surface area contributed by atoms with Gasteiger partial charge in [-0.25, -0.2) is 4.79 Å². The summed E-state index contributed by atoms with van der Waals surface area (Å²) in [5, 5.41) is 3.30. The summed E-state index contributed by atoms with van der Waals surface area (Å²) in [5.41, 5.74) is 0.480. The molecule has 32 heavy (non-hydrogen) atoms. The molecule has 1 aliphatic rings. The number of hydrogen-bond donors (Lipinski definition) is 1. The van der Waals surface area contributed by atoms with Crippen molar-refractivity contribution in [2.45, 2.75) is 59.3 Å². The first-order valence-electron chi connectivity index (χ1n) is 9.88. The normalized spacial score (nSPS) is 13.7. The van der Waals surface area contributed by atoms with Crippen LogP contribution in [-0.2, 0) is 46.6 Å². The van der Waals surface area contributed by atoms with Crippen LogP contribution in [0.25, 0.3) is 0 Å². The fourth-order valence-corrected chi connectivity index (χ4v) is 2.71. The van der Waals surface area contributed by atoms with Gasteiger partial charge in [-0.05, 0) is 44.0 Å². The number of ether oxygens (including phenoxy) is 3. The number of hydroxylamine groups is 2. The van der Waals surface area contributed by atoms with Crippen molar-refractivity contribution in [3.8, 4) is 5.75 Å². The molecule has 2 amide bonds. The van der Waals surface area contributed by atoms with Gasteiger partial charge in [0.25, 0.3) is 11.8 Å². The summed E-state index contributed by atoms with van der Waals surface area (Å²) in [6, 6.07) is 4.64. The van der Waals surface area contributed by atoms with E-state index < -0.39 is 35.5 Å². The van der Waals surface area contributed by atoms with E-state index in [1.54, 1.807) is 32.9 Å². The molecule has 11 nitrogen and oxygen atoms in total. The second-order valence-corrected chi connectivity index (χ2v) is 7.93. The lowest BCUT2D eigenvalue weighted by atomic mass is 10.1. The Labute approximate surface area is 184 Å². The summed E-state index contributed by atoms with van der Waals surface area (Å²) >= 11 is 0. The number of rotatable bonds is 8. The molecule has 11 heteroatoms. The molecule has 1 saturated heterocycles. The van der Waals surface area contributed by atoms with Crippen LogP contribution < -0.4 is 10.1 Å². The zero-order valence-corrected chi connectivity index (χ0v) is 18.4. The third-order valence-electron chi connectivity index (χ3n) is 3.96. The average Bonchev–Trinajstić information content (AvgIpc) is 2.97. The highest BCUT2D eigenvalue weighted by molar-refractivity contribution is 6.01. The van der Waals surface area contributed by atoms with Gasteiger partial charge in [0.05, 0.1) is 6.54 Å². The van der Waals surface area contributed by atoms with E-state index in [2.05, 4.69) is 10.2 Å². The summed E-state index contributed by atoms with van der Waals surface area (Å²) < 4.78 is 15.3. The molecule has 0 unspecified atom stereocenters. The van der Waals surface area contributed by atoms with Gasteiger partial charge in [-0.1, -0.05) is 11.1 Å². The third-order valence-corrected chi connectivity index (χ3v) is 3.96. The quantitative estimate of drug-likeness (QED) is 0.354. The molecular weight excluding hydrogens is 424 g/mol. The number of esters is 2. The average molecular weight is 450 g/mol. The fraction of sp³-hybridized carbons (Fsp3) is 0.476. The summed E-state index contributed by atoms with van der Waals surface area (Å²) in [6.07, 6.45) is -1.28. The molecule has 1 aliphatic heterocycles. The van der Waals surface area contributed by atoms with Crippen LogP contribution in [0.3, 0.4) is 0 Å².